The lowest BCUT2D eigenvalue weighted by molar-refractivity contribution is -0.138. The fourth-order valence-electron chi connectivity index (χ4n) is 3.21. The molecule has 0 unspecified atom stereocenters. The molecule has 0 aliphatic rings. The molecule has 0 heterocycles. The fraction of sp³-hybridized carbons (Fsp3) is 0.0909. The summed E-state index contributed by atoms with van der Waals surface area (Å²) < 4.78 is 79.3. The van der Waals surface area contributed by atoms with E-state index in [4.69, 9.17) is 11.5 Å². The van der Waals surface area contributed by atoms with Crippen molar-refractivity contribution in [3.05, 3.63) is 82.9 Å². The molecule has 4 nitrogen and oxygen atoms in total. The topological polar surface area (TPSA) is 86.2 Å². The van der Waals surface area contributed by atoms with E-state index in [1.807, 2.05) is 0 Å². The third-order valence-electron chi connectivity index (χ3n) is 4.69. The van der Waals surface area contributed by atoms with E-state index in [-0.39, 0.29) is 33.4 Å². The van der Waals surface area contributed by atoms with Crippen LogP contribution in [0.15, 0.2) is 60.7 Å². The Morgan fingerprint density at radius 1 is 0.594 bits per heavy atom. The Bertz CT molecular complexity index is 1120. The predicted molar refractivity (Wildman–Crippen MR) is 104 cm³/mol. The number of hydrogen-bond donors (Lipinski definition) is 2. The second-order valence-corrected chi connectivity index (χ2v) is 6.83. The van der Waals surface area contributed by atoms with Crippen molar-refractivity contribution in [2.24, 2.45) is 11.5 Å². The number of carbonyl (C=O) groups is 2. The van der Waals surface area contributed by atoms with Gasteiger partial charge in [0.2, 0.25) is 11.8 Å². The number of halogens is 6. The van der Waals surface area contributed by atoms with Crippen LogP contribution in [0.4, 0.5) is 26.3 Å². The maximum atomic E-state index is 13.2. The number of hydrogen-bond acceptors (Lipinski definition) is 2. The summed E-state index contributed by atoms with van der Waals surface area (Å²) in [6.45, 7) is 0. The first-order valence-corrected chi connectivity index (χ1v) is 8.92. The first-order chi connectivity index (χ1) is 14.8. The Balaban J connectivity index is 2.38. The van der Waals surface area contributed by atoms with Crippen LogP contribution in [-0.2, 0) is 12.4 Å². The molecule has 166 valence electrons. The van der Waals surface area contributed by atoms with Gasteiger partial charge in [-0.05, 0) is 58.7 Å². The van der Waals surface area contributed by atoms with Gasteiger partial charge in [0.05, 0.1) is 22.3 Å². The lowest BCUT2D eigenvalue weighted by Gasteiger charge is -2.17. The van der Waals surface area contributed by atoms with E-state index in [0.29, 0.717) is 0 Å². The van der Waals surface area contributed by atoms with Crippen LogP contribution in [0.3, 0.4) is 0 Å². The van der Waals surface area contributed by atoms with Gasteiger partial charge < -0.3 is 11.5 Å². The zero-order valence-electron chi connectivity index (χ0n) is 16.0. The van der Waals surface area contributed by atoms with Crippen molar-refractivity contribution in [2.75, 3.05) is 0 Å². The summed E-state index contributed by atoms with van der Waals surface area (Å²) in [5.74, 6) is -2.16. The number of amides is 2. The normalized spacial score (nSPS) is 11.9. The van der Waals surface area contributed by atoms with E-state index in [9.17, 15) is 35.9 Å². The average molecular weight is 452 g/mol. The van der Waals surface area contributed by atoms with Gasteiger partial charge in [0.15, 0.2) is 0 Å². The Morgan fingerprint density at radius 2 is 0.938 bits per heavy atom. The van der Waals surface area contributed by atoms with Crippen molar-refractivity contribution < 1.29 is 35.9 Å². The number of carbonyl (C=O) groups excluding carboxylic acids is 2. The van der Waals surface area contributed by atoms with Crippen molar-refractivity contribution in [1.29, 1.82) is 0 Å². The highest BCUT2D eigenvalue weighted by Crippen LogP contribution is 2.39. The number of rotatable bonds is 4. The van der Waals surface area contributed by atoms with E-state index < -0.39 is 35.3 Å². The van der Waals surface area contributed by atoms with Gasteiger partial charge in [-0.1, -0.05) is 24.3 Å². The summed E-state index contributed by atoms with van der Waals surface area (Å²) in [5.41, 5.74) is 7.65. The van der Waals surface area contributed by atoms with Gasteiger partial charge in [-0.3, -0.25) is 9.59 Å². The lowest BCUT2D eigenvalue weighted by atomic mass is 9.88. The number of benzene rings is 3. The number of nitrogens with two attached hydrogens (primary N) is 2. The smallest absolute Gasteiger partial charge is 0.366 e. The zero-order valence-corrected chi connectivity index (χ0v) is 16.0. The molecule has 3 aromatic carbocycles. The van der Waals surface area contributed by atoms with E-state index in [2.05, 4.69) is 0 Å². The highest BCUT2D eigenvalue weighted by molar-refractivity contribution is 6.09. The molecule has 32 heavy (non-hydrogen) atoms. The fourth-order valence-corrected chi connectivity index (χ4v) is 3.21. The van der Waals surface area contributed by atoms with Crippen molar-refractivity contribution in [3.63, 3.8) is 0 Å². The summed E-state index contributed by atoms with van der Waals surface area (Å²) in [6, 6.07) is 10.1. The minimum Gasteiger partial charge on any atom is -0.366 e. The van der Waals surface area contributed by atoms with E-state index >= 15 is 0 Å². The largest absolute Gasteiger partial charge is 0.416 e. The van der Waals surface area contributed by atoms with Crippen LogP contribution >= 0.6 is 0 Å². The van der Waals surface area contributed by atoms with Crippen LogP contribution in [0.2, 0.25) is 0 Å². The maximum Gasteiger partial charge on any atom is 0.416 e. The molecule has 3 aromatic rings. The van der Waals surface area contributed by atoms with Gasteiger partial charge in [-0.15, -0.1) is 0 Å². The molecule has 2 amide bonds. The molecule has 0 saturated heterocycles. The molecular formula is C22H14F6N2O2. The molecule has 0 radical (unpaired) electrons. The quantitative estimate of drug-likeness (QED) is 0.530. The molecule has 0 aliphatic carbocycles. The van der Waals surface area contributed by atoms with Crippen LogP contribution in [0, 0.1) is 0 Å². The van der Waals surface area contributed by atoms with E-state index in [1.54, 1.807) is 0 Å². The predicted octanol–water partition coefficient (Wildman–Crippen LogP) is 5.26. The van der Waals surface area contributed by atoms with Gasteiger partial charge in [-0.25, -0.2) is 0 Å². The van der Waals surface area contributed by atoms with Crippen molar-refractivity contribution in [1.82, 2.24) is 0 Å². The van der Waals surface area contributed by atoms with Crippen LogP contribution in [0.5, 0.6) is 0 Å². The molecule has 0 atom stereocenters. The molecule has 4 N–H and O–H groups in total. The van der Waals surface area contributed by atoms with Gasteiger partial charge in [0.1, 0.15) is 0 Å². The Hall–Kier alpha value is -3.82. The summed E-state index contributed by atoms with van der Waals surface area (Å²) in [7, 11) is 0. The Morgan fingerprint density at radius 3 is 1.22 bits per heavy atom. The van der Waals surface area contributed by atoms with E-state index in [1.165, 1.54) is 12.1 Å². The SMILES string of the molecule is NC(=O)c1cc(-c2cccc(C(F)(F)F)c2)c(-c2cccc(C(F)(F)F)c2)cc1C(N)=O. The molecule has 0 fully saturated rings. The molecule has 3 rings (SSSR count). The molecule has 0 spiro atoms. The molecule has 0 bridgehead atoms. The molecule has 0 aromatic heterocycles. The van der Waals surface area contributed by atoms with Gasteiger partial charge in [0, 0.05) is 0 Å². The van der Waals surface area contributed by atoms with Gasteiger partial charge in [0.25, 0.3) is 0 Å². The summed E-state index contributed by atoms with van der Waals surface area (Å²) in [5, 5.41) is 0. The van der Waals surface area contributed by atoms with Gasteiger partial charge in [-0.2, -0.15) is 26.3 Å². The summed E-state index contributed by atoms with van der Waals surface area (Å²) >= 11 is 0. The highest BCUT2D eigenvalue weighted by atomic mass is 19.4. The van der Waals surface area contributed by atoms with Crippen molar-refractivity contribution >= 4 is 11.8 Å². The Kier molecular flexibility index (Phi) is 5.73. The first kappa shape index (κ1) is 22.9. The van der Waals surface area contributed by atoms with Crippen LogP contribution in [-0.4, -0.2) is 11.8 Å². The second-order valence-electron chi connectivity index (χ2n) is 6.83. The Labute approximate surface area is 177 Å². The lowest BCUT2D eigenvalue weighted by Crippen LogP contribution is -2.21. The second kappa shape index (κ2) is 8.03. The molecule has 10 heteroatoms. The van der Waals surface area contributed by atoms with Crippen LogP contribution in [0.1, 0.15) is 31.8 Å². The van der Waals surface area contributed by atoms with Crippen molar-refractivity contribution in [2.45, 2.75) is 12.4 Å². The van der Waals surface area contributed by atoms with E-state index in [0.717, 1.165) is 48.5 Å². The minimum atomic E-state index is -4.69. The summed E-state index contributed by atoms with van der Waals surface area (Å²) in [6.07, 6.45) is -9.38. The van der Waals surface area contributed by atoms with Crippen LogP contribution < -0.4 is 11.5 Å². The third kappa shape index (κ3) is 4.58. The highest BCUT2D eigenvalue weighted by Gasteiger charge is 2.32. The molecule has 0 saturated carbocycles. The number of primary amides is 2. The monoisotopic (exact) mass is 452 g/mol. The summed E-state index contributed by atoms with van der Waals surface area (Å²) in [4.78, 5) is 23.7. The standard InChI is InChI=1S/C22H14F6N2O2/c23-21(24,25)13-5-1-3-11(7-13)15-9-17(19(29)31)18(20(30)32)10-16(15)12-4-2-6-14(8-12)22(26,27)28/h1-10H,(H2,29,31)(H2,30,32). The molecule has 0 aliphatic heterocycles. The van der Waals surface area contributed by atoms with Crippen molar-refractivity contribution in [3.8, 4) is 22.3 Å². The van der Waals surface area contributed by atoms with Gasteiger partial charge >= 0.3 is 12.4 Å². The zero-order chi connectivity index (χ0) is 23.8. The third-order valence-corrected chi connectivity index (χ3v) is 4.69. The first-order valence-electron chi connectivity index (χ1n) is 8.92. The minimum absolute atomic E-state index is 0.0331. The number of alkyl halides is 6. The average Bonchev–Trinajstić information content (AvgIpc) is 2.71. The molecular weight excluding hydrogens is 438 g/mol. The maximum absolute atomic E-state index is 13.2. The van der Waals surface area contributed by atoms with Crippen LogP contribution in [0.25, 0.3) is 22.3 Å².